The van der Waals surface area contributed by atoms with E-state index in [1.165, 1.54) is 0 Å². The van der Waals surface area contributed by atoms with Crippen LogP contribution in [0.3, 0.4) is 0 Å². The molecule has 1 heterocycles. The fourth-order valence-corrected chi connectivity index (χ4v) is 3.65. The van der Waals surface area contributed by atoms with Crippen molar-refractivity contribution in [2.45, 2.75) is 31.9 Å². The van der Waals surface area contributed by atoms with Crippen molar-refractivity contribution in [3.8, 4) is 0 Å². The maximum absolute atomic E-state index is 12.3. The van der Waals surface area contributed by atoms with Gasteiger partial charge in [-0.3, -0.25) is 9.59 Å². The molecule has 1 unspecified atom stereocenters. The molecule has 1 aromatic carbocycles. The van der Waals surface area contributed by atoms with E-state index >= 15 is 0 Å². The average molecular weight is 337 g/mol. The topological polar surface area (TPSA) is 66.8 Å². The van der Waals surface area contributed by atoms with Crippen LogP contribution in [0, 0.1) is 0 Å². The molecule has 0 saturated carbocycles. The summed E-state index contributed by atoms with van der Waals surface area (Å²) in [6.45, 7) is 1.73. The van der Waals surface area contributed by atoms with Crippen LogP contribution in [-0.2, 0) is 20.9 Å². The lowest BCUT2D eigenvalue weighted by Crippen LogP contribution is -2.47. The van der Waals surface area contributed by atoms with Crippen molar-refractivity contribution in [1.29, 1.82) is 0 Å². The van der Waals surface area contributed by atoms with Crippen LogP contribution >= 0.6 is 11.8 Å². The first-order valence-electron chi connectivity index (χ1n) is 7.87. The van der Waals surface area contributed by atoms with E-state index in [4.69, 9.17) is 9.84 Å². The van der Waals surface area contributed by atoms with Crippen LogP contribution in [-0.4, -0.2) is 52.6 Å². The van der Waals surface area contributed by atoms with E-state index in [9.17, 15) is 9.59 Å². The Bertz CT molecular complexity index is 509. The maximum Gasteiger partial charge on any atom is 0.305 e. The zero-order chi connectivity index (χ0) is 16.5. The molecule has 0 bridgehead atoms. The number of amides is 1. The second-order valence-electron chi connectivity index (χ2n) is 5.56. The van der Waals surface area contributed by atoms with E-state index in [2.05, 4.69) is 0 Å². The molecule has 0 radical (unpaired) electrons. The van der Waals surface area contributed by atoms with Crippen molar-refractivity contribution >= 4 is 23.6 Å². The van der Waals surface area contributed by atoms with Crippen LogP contribution in [0.15, 0.2) is 30.3 Å². The molecule has 1 N–H and O–H groups in total. The second kappa shape index (κ2) is 9.57. The summed E-state index contributed by atoms with van der Waals surface area (Å²) in [4.78, 5) is 24.9. The Balaban J connectivity index is 1.67. The number of nitrogens with zero attached hydrogens (tertiary/aromatic N) is 1. The highest BCUT2D eigenvalue weighted by molar-refractivity contribution is 7.99. The Morgan fingerprint density at radius 1 is 1.30 bits per heavy atom. The molecule has 1 amide bonds. The van der Waals surface area contributed by atoms with Crippen LogP contribution in [0.25, 0.3) is 0 Å². The van der Waals surface area contributed by atoms with Crippen molar-refractivity contribution in [2.75, 3.05) is 24.7 Å². The number of thioether (sulfide) groups is 1. The molecule has 6 heteroatoms. The Morgan fingerprint density at radius 3 is 2.83 bits per heavy atom. The molecule has 0 aliphatic carbocycles. The van der Waals surface area contributed by atoms with E-state index in [-0.39, 0.29) is 18.4 Å². The van der Waals surface area contributed by atoms with Gasteiger partial charge in [-0.15, -0.1) is 0 Å². The lowest BCUT2D eigenvalue weighted by Gasteiger charge is -2.34. The molecule has 0 aromatic heterocycles. The summed E-state index contributed by atoms with van der Waals surface area (Å²) in [6.07, 6.45) is 1.11. The van der Waals surface area contributed by atoms with Crippen molar-refractivity contribution in [3.63, 3.8) is 0 Å². The Hall–Kier alpha value is -1.53. The first kappa shape index (κ1) is 17.8. The number of carboxylic acids is 1. The van der Waals surface area contributed by atoms with E-state index < -0.39 is 5.97 Å². The Morgan fingerprint density at radius 2 is 2.09 bits per heavy atom. The third-order valence-electron chi connectivity index (χ3n) is 3.75. The molecular weight excluding hydrogens is 314 g/mol. The third-order valence-corrected chi connectivity index (χ3v) is 4.84. The minimum absolute atomic E-state index is 0.0310. The summed E-state index contributed by atoms with van der Waals surface area (Å²) in [5.41, 5.74) is 1.12. The van der Waals surface area contributed by atoms with Gasteiger partial charge in [0.15, 0.2) is 0 Å². The van der Waals surface area contributed by atoms with Gasteiger partial charge in [0.05, 0.1) is 19.1 Å². The van der Waals surface area contributed by atoms with Gasteiger partial charge in [0.25, 0.3) is 0 Å². The summed E-state index contributed by atoms with van der Waals surface area (Å²) in [6, 6.07) is 9.74. The van der Waals surface area contributed by atoms with E-state index in [0.717, 1.165) is 11.3 Å². The van der Waals surface area contributed by atoms with Crippen LogP contribution in [0.1, 0.15) is 24.8 Å². The molecule has 2 rings (SSSR count). The molecule has 5 nitrogen and oxygen atoms in total. The number of benzene rings is 1. The first-order valence-corrected chi connectivity index (χ1v) is 9.03. The minimum Gasteiger partial charge on any atom is -0.481 e. The molecule has 1 saturated heterocycles. The molecule has 1 aromatic rings. The Kier molecular flexibility index (Phi) is 7.42. The lowest BCUT2D eigenvalue weighted by atomic mass is 10.1. The number of aliphatic carboxylic acids is 1. The summed E-state index contributed by atoms with van der Waals surface area (Å²) in [5, 5.41) is 8.95. The number of hydrogen-bond donors (Lipinski definition) is 1. The van der Waals surface area contributed by atoms with Crippen LogP contribution in [0.2, 0.25) is 0 Å². The number of rotatable bonds is 8. The third kappa shape index (κ3) is 6.23. The van der Waals surface area contributed by atoms with Gasteiger partial charge < -0.3 is 14.7 Å². The summed E-state index contributed by atoms with van der Waals surface area (Å²) in [7, 11) is 0. The zero-order valence-electron chi connectivity index (χ0n) is 13.1. The minimum atomic E-state index is -0.846. The number of hydrogen-bond acceptors (Lipinski definition) is 4. The predicted molar refractivity (Wildman–Crippen MR) is 90.4 cm³/mol. The molecule has 23 heavy (non-hydrogen) atoms. The van der Waals surface area contributed by atoms with Crippen LogP contribution in [0.4, 0.5) is 0 Å². The fraction of sp³-hybridized carbons (Fsp3) is 0.529. The van der Waals surface area contributed by atoms with Crippen LogP contribution < -0.4 is 0 Å². The summed E-state index contributed by atoms with van der Waals surface area (Å²) < 4.78 is 5.58. The van der Waals surface area contributed by atoms with Crippen LogP contribution in [0.5, 0.6) is 0 Å². The normalized spacial score (nSPS) is 17.9. The monoisotopic (exact) mass is 337 g/mol. The number of carbonyl (C=O) groups is 2. The standard InChI is InChI=1S/C17H23NO4S/c19-16(18-8-10-23-13-15(18)11-17(20)21)7-4-9-22-12-14-5-2-1-3-6-14/h1-3,5-6,15H,4,7-13H2,(H,20,21). The molecule has 1 aliphatic heterocycles. The number of carboxylic acid groups (broad SMARTS) is 1. The smallest absolute Gasteiger partial charge is 0.305 e. The quantitative estimate of drug-likeness (QED) is 0.738. The van der Waals surface area contributed by atoms with Gasteiger partial charge in [-0.1, -0.05) is 30.3 Å². The number of ether oxygens (including phenoxy) is 1. The molecule has 126 valence electrons. The van der Waals surface area contributed by atoms with E-state index in [1.54, 1.807) is 16.7 Å². The molecule has 0 spiro atoms. The van der Waals surface area contributed by atoms with Gasteiger partial charge >= 0.3 is 5.97 Å². The average Bonchev–Trinajstić information content (AvgIpc) is 2.55. The van der Waals surface area contributed by atoms with Gasteiger partial charge in [-0.25, -0.2) is 0 Å². The molecule has 1 aliphatic rings. The van der Waals surface area contributed by atoms with Crippen molar-refractivity contribution < 1.29 is 19.4 Å². The largest absolute Gasteiger partial charge is 0.481 e. The molecule has 1 atom stereocenters. The summed E-state index contributed by atoms with van der Waals surface area (Å²) >= 11 is 1.71. The lowest BCUT2D eigenvalue weighted by molar-refractivity contribution is -0.140. The van der Waals surface area contributed by atoms with Gasteiger partial charge in [-0.05, 0) is 12.0 Å². The highest BCUT2D eigenvalue weighted by Gasteiger charge is 2.28. The molecular formula is C17H23NO4S. The van der Waals surface area contributed by atoms with Gasteiger partial charge in [0.2, 0.25) is 5.91 Å². The maximum atomic E-state index is 12.3. The Labute approximate surface area is 141 Å². The van der Waals surface area contributed by atoms with Gasteiger partial charge in [0, 0.05) is 31.1 Å². The fourth-order valence-electron chi connectivity index (χ4n) is 2.59. The van der Waals surface area contributed by atoms with Crippen molar-refractivity contribution in [3.05, 3.63) is 35.9 Å². The SMILES string of the molecule is O=C(O)CC1CSCCN1C(=O)CCCOCc1ccccc1. The zero-order valence-corrected chi connectivity index (χ0v) is 14.0. The van der Waals surface area contributed by atoms with E-state index in [1.807, 2.05) is 30.3 Å². The van der Waals surface area contributed by atoms with Crippen molar-refractivity contribution in [2.24, 2.45) is 0 Å². The highest BCUT2D eigenvalue weighted by Crippen LogP contribution is 2.20. The highest BCUT2D eigenvalue weighted by atomic mass is 32.2. The predicted octanol–water partition coefficient (Wildman–Crippen LogP) is 2.40. The second-order valence-corrected chi connectivity index (χ2v) is 6.71. The summed E-state index contributed by atoms with van der Waals surface area (Å²) in [5.74, 6) is 0.788. The van der Waals surface area contributed by atoms with Gasteiger partial charge in [-0.2, -0.15) is 11.8 Å². The van der Waals surface area contributed by atoms with E-state index in [0.29, 0.717) is 38.4 Å². The first-order chi connectivity index (χ1) is 11.2. The van der Waals surface area contributed by atoms with Crippen molar-refractivity contribution in [1.82, 2.24) is 4.90 Å². The van der Waals surface area contributed by atoms with Gasteiger partial charge in [0.1, 0.15) is 0 Å². The molecule has 1 fully saturated rings. The number of carbonyl (C=O) groups excluding carboxylic acids is 1.